The van der Waals surface area contributed by atoms with Crippen LogP contribution in [-0.4, -0.2) is 54.7 Å². The molecule has 0 N–H and O–H groups in total. The molecule has 0 radical (unpaired) electrons. The third-order valence-corrected chi connectivity index (χ3v) is 8.40. The molecule has 1 aliphatic heterocycles. The molecule has 0 spiro atoms. The molecule has 1 aromatic carbocycles. The van der Waals surface area contributed by atoms with E-state index in [4.69, 9.17) is 4.74 Å². The largest absolute Gasteiger partial charge is 0.453 e. The molecule has 4 heteroatoms. The molecule has 3 fully saturated rings. The minimum atomic E-state index is -0.0844. The van der Waals surface area contributed by atoms with Gasteiger partial charge in [-0.15, -0.1) is 0 Å². The lowest BCUT2D eigenvalue weighted by atomic mass is 9.90. The van der Waals surface area contributed by atoms with Crippen LogP contribution in [0.4, 0.5) is 4.79 Å². The van der Waals surface area contributed by atoms with Crippen LogP contribution >= 0.6 is 0 Å². The molecule has 0 aromatic heterocycles. The van der Waals surface area contributed by atoms with Crippen LogP contribution in [0, 0.1) is 11.8 Å². The Hall–Kier alpha value is -1.55. The van der Waals surface area contributed by atoms with Crippen molar-refractivity contribution in [3.63, 3.8) is 0 Å². The van der Waals surface area contributed by atoms with Crippen molar-refractivity contribution in [3.8, 4) is 0 Å². The maximum absolute atomic E-state index is 12.6. The zero-order chi connectivity index (χ0) is 22.2. The molecule has 1 aromatic rings. The summed E-state index contributed by atoms with van der Waals surface area (Å²) in [6.45, 7) is 3.76. The SMILES string of the molecule is COC(=O)N(C1CCCCC1)C1CC[C@@H](CN2CCC(CCCc3ccccc3)CC2)C1. The number of likely N-dealkylation sites (tertiary alicyclic amines) is 1. The summed E-state index contributed by atoms with van der Waals surface area (Å²) in [5.74, 6) is 1.65. The fraction of sp³-hybridized carbons (Fsp3) is 0.750. The predicted molar refractivity (Wildman–Crippen MR) is 131 cm³/mol. The van der Waals surface area contributed by atoms with Gasteiger partial charge in [0.05, 0.1) is 7.11 Å². The van der Waals surface area contributed by atoms with Crippen LogP contribution in [0.1, 0.15) is 82.6 Å². The monoisotopic (exact) mass is 440 g/mol. The van der Waals surface area contributed by atoms with E-state index in [9.17, 15) is 4.79 Å². The van der Waals surface area contributed by atoms with Crippen molar-refractivity contribution in [2.75, 3.05) is 26.7 Å². The Balaban J connectivity index is 1.17. The Morgan fingerprint density at radius 1 is 0.938 bits per heavy atom. The molecule has 178 valence electrons. The van der Waals surface area contributed by atoms with Crippen LogP contribution in [0.25, 0.3) is 0 Å². The molecule has 1 heterocycles. The molecule has 4 rings (SSSR count). The molecular formula is C28H44N2O2. The number of piperidine rings is 1. The van der Waals surface area contributed by atoms with E-state index in [0.29, 0.717) is 12.1 Å². The summed E-state index contributed by atoms with van der Waals surface area (Å²) >= 11 is 0. The summed E-state index contributed by atoms with van der Waals surface area (Å²) in [5, 5.41) is 0. The highest BCUT2D eigenvalue weighted by molar-refractivity contribution is 5.68. The Bertz CT molecular complexity index is 680. The van der Waals surface area contributed by atoms with Crippen molar-refractivity contribution < 1.29 is 9.53 Å². The van der Waals surface area contributed by atoms with E-state index >= 15 is 0 Å². The number of hydrogen-bond donors (Lipinski definition) is 0. The number of nitrogens with zero attached hydrogens (tertiary/aromatic N) is 2. The van der Waals surface area contributed by atoms with Crippen molar-refractivity contribution >= 4 is 6.09 Å². The fourth-order valence-corrected chi connectivity index (χ4v) is 6.59. The standard InChI is InChI=1S/C28H44N2O2/c1-32-28(31)30(26-13-6-3-7-14-26)27-16-15-25(21-27)22-29-19-17-24(18-20-29)12-8-11-23-9-4-2-5-10-23/h2,4-5,9-10,24-27H,3,6-8,11-22H2,1H3/t25-,27?/m1/s1. The molecule has 4 nitrogen and oxygen atoms in total. The Kier molecular flexibility index (Phi) is 8.90. The van der Waals surface area contributed by atoms with Crippen LogP contribution in [0.2, 0.25) is 0 Å². The van der Waals surface area contributed by atoms with Gasteiger partial charge in [-0.3, -0.25) is 0 Å². The number of carbonyl (C=O) groups excluding carboxylic acids is 1. The second-order valence-corrected chi connectivity index (χ2v) is 10.6. The van der Waals surface area contributed by atoms with Gasteiger partial charge in [0.2, 0.25) is 0 Å². The van der Waals surface area contributed by atoms with Gasteiger partial charge >= 0.3 is 6.09 Å². The van der Waals surface area contributed by atoms with Crippen molar-refractivity contribution in [1.82, 2.24) is 9.80 Å². The minimum absolute atomic E-state index is 0.0844. The van der Waals surface area contributed by atoms with Crippen LogP contribution in [-0.2, 0) is 11.2 Å². The van der Waals surface area contributed by atoms with E-state index in [0.717, 1.165) is 31.1 Å². The number of methoxy groups -OCH3 is 1. The average molecular weight is 441 g/mol. The number of aryl methyl sites for hydroxylation is 1. The zero-order valence-corrected chi connectivity index (χ0v) is 20.2. The molecule has 1 saturated heterocycles. The maximum atomic E-state index is 12.6. The van der Waals surface area contributed by atoms with Crippen molar-refractivity contribution in [2.45, 2.75) is 95.6 Å². The van der Waals surface area contributed by atoms with Crippen molar-refractivity contribution in [2.24, 2.45) is 11.8 Å². The third-order valence-electron chi connectivity index (χ3n) is 8.40. The van der Waals surface area contributed by atoms with E-state index in [2.05, 4.69) is 40.1 Å². The molecule has 0 bridgehead atoms. The van der Waals surface area contributed by atoms with E-state index in [-0.39, 0.29) is 6.09 Å². The third kappa shape index (κ3) is 6.50. The topological polar surface area (TPSA) is 32.8 Å². The van der Waals surface area contributed by atoms with Gasteiger partial charge < -0.3 is 14.5 Å². The Morgan fingerprint density at radius 3 is 2.41 bits per heavy atom. The fourth-order valence-electron chi connectivity index (χ4n) is 6.59. The summed E-state index contributed by atoms with van der Waals surface area (Å²) in [5.41, 5.74) is 1.48. The smallest absolute Gasteiger partial charge is 0.409 e. The van der Waals surface area contributed by atoms with E-state index in [1.54, 1.807) is 7.11 Å². The lowest BCUT2D eigenvalue weighted by Crippen LogP contribution is -2.47. The summed E-state index contributed by atoms with van der Waals surface area (Å²) in [7, 11) is 1.55. The normalized spacial score (nSPS) is 25.7. The van der Waals surface area contributed by atoms with E-state index in [1.165, 1.54) is 89.4 Å². The Morgan fingerprint density at radius 2 is 1.69 bits per heavy atom. The number of hydrogen-bond acceptors (Lipinski definition) is 3. The summed E-state index contributed by atoms with van der Waals surface area (Å²) in [6.07, 6.45) is 16.3. The van der Waals surface area contributed by atoms with Crippen LogP contribution in [0.15, 0.2) is 30.3 Å². The quantitative estimate of drug-likeness (QED) is 0.476. The first-order chi connectivity index (χ1) is 15.7. The van der Waals surface area contributed by atoms with Gasteiger partial charge in [-0.1, -0.05) is 56.0 Å². The second kappa shape index (κ2) is 12.1. The molecule has 2 saturated carbocycles. The number of rotatable bonds is 8. The van der Waals surface area contributed by atoms with Crippen LogP contribution in [0.3, 0.4) is 0 Å². The van der Waals surface area contributed by atoms with Gasteiger partial charge in [0.1, 0.15) is 0 Å². The maximum Gasteiger partial charge on any atom is 0.409 e. The van der Waals surface area contributed by atoms with Crippen molar-refractivity contribution in [3.05, 3.63) is 35.9 Å². The predicted octanol–water partition coefficient (Wildman–Crippen LogP) is 6.29. The molecule has 1 unspecified atom stereocenters. The number of carbonyl (C=O) groups is 1. The Labute approximate surface area is 195 Å². The highest BCUT2D eigenvalue weighted by Gasteiger charge is 2.37. The number of benzene rings is 1. The van der Waals surface area contributed by atoms with Gasteiger partial charge in [0, 0.05) is 18.6 Å². The molecule has 2 aliphatic carbocycles. The minimum Gasteiger partial charge on any atom is -0.453 e. The van der Waals surface area contributed by atoms with Crippen LogP contribution < -0.4 is 0 Å². The summed E-state index contributed by atoms with van der Waals surface area (Å²) < 4.78 is 5.21. The average Bonchev–Trinajstić information content (AvgIpc) is 3.29. The summed E-state index contributed by atoms with van der Waals surface area (Å²) in [6, 6.07) is 11.7. The number of amides is 1. The zero-order valence-electron chi connectivity index (χ0n) is 20.2. The first-order valence-electron chi connectivity index (χ1n) is 13.4. The molecule has 2 atom stereocenters. The highest BCUT2D eigenvalue weighted by Crippen LogP contribution is 2.35. The van der Waals surface area contributed by atoms with E-state index in [1.807, 2.05) is 0 Å². The molecule has 32 heavy (non-hydrogen) atoms. The van der Waals surface area contributed by atoms with Crippen LogP contribution in [0.5, 0.6) is 0 Å². The lowest BCUT2D eigenvalue weighted by molar-refractivity contribution is 0.0684. The summed E-state index contributed by atoms with van der Waals surface area (Å²) in [4.78, 5) is 17.5. The second-order valence-electron chi connectivity index (χ2n) is 10.6. The van der Waals surface area contributed by atoms with Gasteiger partial charge in [-0.05, 0) is 88.3 Å². The highest BCUT2D eigenvalue weighted by atomic mass is 16.5. The van der Waals surface area contributed by atoms with Gasteiger partial charge in [-0.2, -0.15) is 0 Å². The van der Waals surface area contributed by atoms with Crippen molar-refractivity contribution in [1.29, 1.82) is 0 Å². The molecule has 1 amide bonds. The first kappa shape index (κ1) is 23.6. The molecule has 3 aliphatic rings. The first-order valence-corrected chi connectivity index (χ1v) is 13.4. The lowest BCUT2D eigenvalue weighted by Gasteiger charge is -2.38. The van der Waals surface area contributed by atoms with Gasteiger partial charge in [0.25, 0.3) is 0 Å². The van der Waals surface area contributed by atoms with Gasteiger partial charge in [-0.25, -0.2) is 4.79 Å². The molecular weight excluding hydrogens is 396 g/mol. The van der Waals surface area contributed by atoms with Gasteiger partial charge in [0.15, 0.2) is 0 Å². The number of ether oxygens (including phenoxy) is 1. The van der Waals surface area contributed by atoms with E-state index < -0.39 is 0 Å².